The van der Waals surface area contributed by atoms with Crippen LogP contribution in [-0.2, 0) is 4.74 Å². The van der Waals surface area contributed by atoms with Crippen LogP contribution in [0.3, 0.4) is 0 Å². The van der Waals surface area contributed by atoms with Crippen LogP contribution < -0.4 is 15.4 Å². The van der Waals surface area contributed by atoms with Crippen molar-refractivity contribution in [1.29, 1.82) is 0 Å². The maximum Gasteiger partial charge on any atom is 0.323 e. The molecule has 1 atom stereocenters. The van der Waals surface area contributed by atoms with Crippen LogP contribution in [0.1, 0.15) is 26.7 Å². The third-order valence-corrected chi connectivity index (χ3v) is 3.03. The second-order valence-corrected chi connectivity index (χ2v) is 4.69. The lowest BCUT2D eigenvalue weighted by Gasteiger charge is -2.22. The summed E-state index contributed by atoms with van der Waals surface area (Å²) in [7, 11) is 0. The highest BCUT2D eigenvalue weighted by atomic mass is 16.5. The number of rotatable bonds is 7. The van der Waals surface area contributed by atoms with Gasteiger partial charge in [0.2, 0.25) is 11.9 Å². The van der Waals surface area contributed by atoms with Gasteiger partial charge in [-0.05, 0) is 32.6 Å². The van der Waals surface area contributed by atoms with Crippen molar-refractivity contribution in [2.24, 2.45) is 5.92 Å². The number of nitrogens with one attached hydrogen (secondary N) is 2. The van der Waals surface area contributed by atoms with Crippen LogP contribution in [0.25, 0.3) is 0 Å². The van der Waals surface area contributed by atoms with E-state index in [1.54, 1.807) is 0 Å². The van der Waals surface area contributed by atoms with Gasteiger partial charge in [0.1, 0.15) is 0 Å². The van der Waals surface area contributed by atoms with E-state index in [4.69, 9.17) is 9.47 Å². The summed E-state index contributed by atoms with van der Waals surface area (Å²) in [5.74, 6) is 1.59. The predicted octanol–water partition coefficient (Wildman–Crippen LogP) is 1.54. The standard InChI is InChI=1S/C13H23N5O2/c1-3-14-11-16-12(18-13(17-11)20-4-2)15-8-10-6-5-7-19-9-10/h10H,3-9H2,1-2H3,(H2,14,15,16,17,18). The van der Waals surface area contributed by atoms with Gasteiger partial charge in [-0.15, -0.1) is 0 Å². The van der Waals surface area contributed by atoms with Crippen molar-refractivity contribution in [2.45, 2.75) is 26.7 Å². The molecule has 0 saturated carbocycles. The fourth-order valence-electron chi connectivity index (χ4n) is 2.07. The molecule has 2 rings (SSSR count). The Kier molecular flexibility index (Phi) is 5.79. The van der Waals surface area contributed by atoms with Crippen LogP contribution >= 0.6 is 0 Å². The zero-order valence-corrected chi connectivity index (χ0v) is 12.2. The summed E-state index contributed by atoms with van der Waals surface area (Å²) in [6.45, 7) is 7.68. The van der Waals surface area contributed by atoms with Gasteiger partial charge in [0, 0.05) is 19.7 Å². The van der Waals surface area contributed by atoms with E-state index in [1.165, 1.54) is 6.42 Å². The number of ether oxygens (including phenoxy) is 2. The minimum Gasteiger partial charge on any atom is -0.464 e. The van der Waals surface area contributed by atoms with Crippen molar-refractivity contribution in [3.05, 3.63) is 0 Å². The lowest BCUT2D eigenvalue weighted by atomic mass is 10.0. The molecule has 20 heavy (non-hydrogen) atoms. The summed E-state index contributed by atoms with van der Waals surface area (Å²) in [5, 5.41) is 6.33. The lowest BCUT2D eigenvalue weighted by Crippen LogP contribution is -2.25. The summed E-state index contributed by atoms with van der Waals surface area (Å²) in [5.41, 5.74) is 0. The van der Waals surface area contributed by atoms with E-state index in [1.807, 2.05) is 13.8 Å². The number of hydrogen-bond donors (Lipinski definition) is 2. The van der Waals surface area contributed by atoms with Gasteiger partial charge < -0.3 is 20.1 Å². The Morgan fingerprint density at radius 1 is 1.20 bits per heavy atom. The largest absolute Gasteiger partial charge is 0.464 e. The molecule has 0 aliphatic carbocycles. The van der Waals surface area contributed by atoms with Crippen LogP contribution in [0.2, 0.25) is 0 Å². The van der Waals surface area contributed by atoms with Crippen molar-refractivity contribution in [2.75, 3.05) is 43.5 Å². The van der Waals surface area contributed by atoms with E-state index in [2.05, 4.69) is 25.6 Å². The topological polar surface area (TPSA) is 81.2 Å². The fraction of sp³-hybridized carbons (Fsp3) is 0.769. The van der Waals surface area contributed by atoms with Crippen molar-refractivity contribution in [3.8, 4) is 6.01 Å². The maximum absolute atomic E-state index is 5.46. The monoisotopic (exact) mass is 281 g/mol. The second-order valence-electron chi connectivity index (χ2n) is 4.69. The minimum atomic E-state index is 0.348. The molecule has 0 aromatic carbocycles. The molecule has 2 N–H and O–H groups in total. The van der Waals surface area contributed by atoms with Crippen molar-refractivity contribution in [3.63, 3.8) is 0 Å². The highest BCUT2D eigenvalue weighted by Gasteiger charge is 2.14. The molecule has 2 heterocycles. The molecule has 1 unspecified atom stereocenters. The number of anilines is 2. The molecule has 1 aliphatic heterocycles. The zero-order chi connectivity index (χ0) is 14.2. The highest BCUT2D eigenvalue weighted by molar-refractivity contribution is 5.35. The summed E-state index contributed by atoms with van der Waals surface area (Å²) in [6.07, 6.45) is 2.30. The smallest absolute Gasteiger partial charge is 0.323 e. The van der Waals surface area contributed by atoms with E-state index in [-0.39, 0.29) is 0 Å². The molecule has 0 radical (unpaired) electrons. The molecule has 0 bridgehead atoms. The molecular weight excluding hydrogens is 258 g/mol. The van der Waals surface area contributed by atoms with E-state index in [0.29, 0.717) is 30.4 Å². The van der Waals surface area contributed by atoms with Gasteiger partial charge in [0.05, 0.1) is 13.2 Å². The van der Waals surface area contributed by atoms with Crippen LogP contribution in [0.15, 0.2) is 0 Å². The molecule has 7 heteroatoms. The van der Waals surface area contributed by atoms with E-state index < -0.39 is 0 Å². The SMILES string of the molecule is CCNc1nc(NCC2CCCOC2)nc(OCC)n1. The van der Waals surface area contributed by atoms with E-state index >= 15 is 0 Å². The summed E-state index contributed by atoms with van der Waals surface area (Å²) in [4.78, 5) is 12.8. The van der Waals surface area contributed by atoms with Gasteiger partial charge in [-0.25, -0.2) is 0 Å². The molecule has 0 amide bonds. The Hall–Kier alpha value is -1.63. The molecule has 0 spiro atoms. The Balaban J connectivity index is 1.97. The second kappa shape index (κ2) is 7.84. The molecule has 112 valence electrons. The Morgan fingerprint density at radius 2 is 2.00 bits per heavy atom. The molecule has 1 aromatic rings. The maximum atomic E-state index is 5.46. The quantitative estimate of drug-likeness (QED) is 0.784. The first-order valence-corrected chi connectivity index (χ1v) is 7.26. The van der Waals surface area contributed by atoms with Crippen molar-refractivity contribution < 1.29 is 9.47 Å². The first-order chi connectivity index (χ1) is 9.81. The number of aromatic nitrogens is 3. The lowest BCUT2D eigenvalue weighted by molar-refractivity contribution is 0.0594. The third-order valence-electron chi connectivity index (χ3n) is 3.03. The first-order valence-electron chi connectivity index (χ1n) is 7.26. The third kappa shape index (κ3) is 4.48. The predicted molar refractivity (Wildman–Crippen MR) is 77.2 cm³/mol. The average molecular weight is 281 g/mol. The van der Waals surface area contributed by atoms with Gasteiger partial charge in [-0.3, -0.25) is 0 Å². The summed E-state index contributed by atoms with van der Waals surface area (Å²) >= 11 is 0. The van der Waals surface area contributed by atoms with Gasteiger partial charge in [0.25, 0.3) is 0 Å². The normalized spacial score (nSPS) is 18.6. The van der Waals surface area contributed by atoms with Crippen LogP contribution in [-0.4, -0.2) is 47.9 Å². The molecule has 7 nitrogen and oxygen atoms in total. The first kappa shape index (κ1) is 14.8. The van der Waals surface area contributed by atoms with Crippen molar-refractivity contribution >= 4 is 11.9 Å². The van der Waals surface area contributed by atoms with Crippen LogP contribution in [0.4, 0.5) is 11.9 Å². The van der Waals surface area contributed by atoms with Gasteiger partial charge >= 0.3 is 6.01 Å². The number of nitrogens with zero attached hydrogens (tertiary/aromatic N) is 3. The summed E-state index contributed by atoms with van der Waals surface area (Å²) < 4.78 is 10.8. The zero-order valence-electron chi connectivity index (χ0n) is 12.2. The number of hydrogen-bond acceptors (Lipinski definition) is 7. The highest BCUT2D eigenvalue weighted by Crippen LogP contribution is 2.15. The molecule has 1 saturated heterocycles. The molecule has 1 aliphatic rings. The van der Waals surface area contributed by atoms with E-state index in [9.17, 15) is 0 Å². The van der Waals surface area contributed by atoms with Crippen LogP contribution in [0, 0.1) is 5.92 Å². The molecule has 1 aromatic heterocycles. The van der Waals surface area contributed by atoms with Gasteiger partial charge in [0.15, 0.2) is 0 Å². The van der Waals surface area contributed by atoms with Crippen LogP contribution in [0.5, 0.6) is 6.01 Å². The Bertz CT molecular complexity index is 385. The minimum absolute atomic E-state index is 0.348. The molecule has 1 fully saturated rings. The van der Waals surface area contributed by atoms with Gasteiger partial charge in [-0.2, -0.15) is 15.0 Å². The molecular formula is C13H23N5O2. The Labute approximate surface area is 119 Å². The Morgan fingerprint density at radius 3 is 2.65 bits per heavy atom. The average Bonchev–Trinajstić information content (AvgIpc) is 2.47. The van der Waals surface area contributed by atoms with Gasteiger partial charge in [-0.1, -0.05) is 0 Å². The fourth-order valence-corrected chi connectivity index (χ4v) is 2.07. The van der Waals surface area contributed by atoms with Crippen molar-refractivity contribution in [1.82, 2.24) is 15.0 Å². The summed E-state index contributed by atoms with van der Waals surface area (Å²) in [6, 6.07) is 0.348. The van der Waals surface area contributed by atoms with E-state index in [0.717, 1.165) is 32.7 Å².